The van der Waals surface area contributed by atoms with E-state index in [1.807, 2.05) is 0 Å². The summed E-state index contributed by atoms with van der Waals surface area (Å²) in [6, 6.07) is 11.6. The first kappa shape index (κ1) is 21.6. The molecule has 1 unspecified atom stereocenters. The number of hydrogen-bond donors (Lipinski definition) is 2. The van der Waals surface area contributed by atoms with Gasteiger partial charge in [0.15, 0.2) is 17.2 Å². The molecule has 0 aliphatic carbocycles. The lowest BCUT2D eigenvalue weighted by Crippen LogP contribution is -2.28. The summed E-state index contributed by atoms with van der Waals surface area (Å²) in [5, 5.41) is 13.9. The highest BCUT2D eigenvalue weighted by atomic mass is 19.3. The lowest BCUT2D eigenvalue weighted by Gasteiger charge is -2.23. The molecule has 32 heavy (non-hydrogen) atoms. The molecule has 6 nitrogen and oxygen atoms in total. The number of ether oxygens (including phenoxy) is 1. The lowest BCUT2D eigenvalue weighted by atomic mass is 10.0. The smallest absolute Gasteiger partial charge is 0.280 e. The molecule has 2 heterocycles. The number of alkyl halides is 2. The summed E-state index contributed by atoms with van der Waals surface area (Å²) in [4.78, 5) is 4.06. The number of fused-ring (bicyclic) bond motifs is 1. The fourth-order valence-electron chi connectivity index (χ4n) is 3.19. The molecule has 0 aliphatic rings. The molecule has 0 amide bonds. The summed E-state index contributed by atoms with van der Waals surface area (Å²) >= 11 is 0. The first-order valence-electron chi connectivity index (χ1n) is 9.59. The van der Waals surface area contributed by atoms with Crippen LogP contribution in [0.2, 0.25) is 0 Å². The van der Waals surface area contributed by atoms with Crippen molar-refractivity contribution < 1.29 is 27.4 Å². The molecule has 2 aromatic carbocycles. The van der Waals surface area contributed by atoms with Crippen molar-refractivity contribution in [3.63, 3.8) is 0 Å². The minimum Gasteiger partial charge on any atom is -0.490 e. The van der Waals surface area contributed by atoms with Crippen molar-refractivity contribution in [3.8, 4) is 16.9 Å². The van der Waals surface area contributed by atoms with Crippen LogP contribution in [0.5, 0.6) is 5.75 Å². The molecule has 4 rings (SSSR count). The number of pyridine rings is 1. The molecule has 0 saturated heterocycles. The van der Waals surface area contributed by atoms with Crippen LogP contribution in [0.25, 0.3) is 16.8 Å². The number of anilines is 1. The largest absolute Gasteiger partial charge is 0.490 e. The number of aromatic nitrogens is 3. The van der Waals surface area contributed by atoms with Gasteiger partial charge < -0.3 is 15.6 Å². The van der Waals surface area contributed by atoms with E-state index >= 15 is 0 Å². The van der Waals surface area contributed by atoms with E-state index in [1.165, 1.54) is 22.7 Å². The predicted octanol–water partition coefficient (Wildman–Crippen LogP) is 4.39. The van der Waals surface area contributed by atoms with E-state index in [1.54, 1.807) is 18.3 Å². The van der Waals surface area contributed by atoms with Crippen molar-refractivity contribution in [1.82, 2.24) is 14.6 Å². The Morgan fingerprint density at radius 1 is 1.03 bits per heavy atom. The molecule has 0 radical (unpaired) electrons. The van der Waals surface area contributed by atoms with Crippen molar-refractivity contribution in [2.24, 2.45) is 0 Å². The molecule has 0 aliphatic heterocycles. The summed E-state index contributed by atoms with van der Waals surface area (Å²) in [6.45, 7) is -0.550. The molecule has 1 atom stereocenters. The number of hydrogen-bond acceptors (Lipinski definition) is 5. The number of nitrogens with zero attached hydrogens (tertiary/aromatic N) is 3. The fraction of sp³-hybridized carbons (Fsp3) is 0.182. The Balaban J connectivity index is 1.46. The Morgan fingerprint density at radius 3 is 2.50 bits per heavy atom. The molecule has 4 aromatic rings. The summed E-state index contributed by atoms with van der Waals surface area (Å²) < 4.78 is 62.6. The van der Waals surface area contributed by atoms with Gasteiger partial charge in [-0.25, -0.2) is 22.1 Å². The van der Waals surface area contributed by atoms with Gasteiger partial charge in [-0.2, -0.15) is 4.98 Å². The second kappa shape index (κ2) is 8.46. The maximum atomic E-state index is 14.4. The van der Waals surface area contributed by atoms with Crippen LogP contribution in [0.3, 0.4) is 0 Å². The van der Waals surface area contributed by atoms with E-state index in [9.17, 15) is 22.7 Å². The SMILES string of the molecule is Nc1nc2cc(-c3ccc(F)c(OCCC(F)(F)C(O)c4ccc(F)cc4)c3)ccn2n1. The summed E-state index contributed by atoms with van der Waals surface area (Å²) in [5.74, 6) is -4.99. The molecule has 0 saturated carbocycles. The monoisotopic (exact) mass is 446 g/mol. The molecular formula is C22H18F4N4O2. The van der Waals surface area contributed by atoms with Gasteiger partial charge >= 0.3 is 0 Å². The number of nitrogen functional groups attached to an aromatic ring is 1. The van der Waals surface area contributed by atoms with Crippen molar-refractivity contribution >= 4 is 11.6 Å². The Morgan fingerprint density at radius 2 is 1.75 bits per heavy atom. The number of aliphatic hydroxyl groups is 1. The van der Waals surface area contributed by atoms with Crippen LogP contribution in [0.1, 0.15) is 18.1 Å². The number of rotatable bonds is 7. The average Bonchev–Trinajstić information content (AvgIpc) is 3.14. The average molecular weight is 446 g/mol. The number of nitrogens with two attached hydrogens (primary N) is 1. The number of aliphatic hydroxyl groups excluding tert-OH is 1. The van der Waals surface area contributed by atoms with Gasteiger partial charge in [-0.15, -0.1) is 5.10 Å². The molecule has 10 heteroatoms. The third kappa shape index (κ3) is 4.50. The van der Waals surface area contributed by atoms with Gasteiger partial charge in [-0.05, 0) is 53.1 Å². The zero-order valence-electron chi connectivity index (χ0n) is 16.6. The second-order valence-corrected chi connectivity index (χ2v) is 7.15. The Hall–Kier alpha value is -3.66. The van der Waals surface area contributed by atoms with E-state index in [-0.39, 0.29) is 17.3 Å². The molecule has 0 bridgehead atoms. The van der Waals surface area contributed by atoms with Crippen LogP contribution in [0.4, 0.5) is 23.5 Å². The molecule has 3 N–H and O–H groups in total. The van der Waals surface area contributed by atoms with E-state index in [0.29, 0.717) is 16.8 Å². The van der Waals surface area contributed by atoms with Gasteiger partial charge in [0, 0.05) is 12.6 Å². The Kier molecular flexibility index (Phi) is 5.70. The zero-order chi connectivity index (χ0) is 22.9. The Labute approximate surface area is 179 Å². The second-order valence-electron chi connectivity index (χ2n) is 7.15. The first-order valence-corrected chi connectivity index (χ1v) is 9.59. The highest BCUT2D eigenvalue weighted by Crippen LogP contribution is 2.35. The topological polar surface area (TPSA) is 85.7 Å². The van der Waals surface area contributed by atoms with Crippen LogP contribution < -0.4 is 10.5 Å². The molecule has 166 valence electrons. The normalized spacial score (nSPS) is 12.8. The van der Waals surface area contributed by atoms with E-state index in [4.69, 9.17) is 10.5 Å². The van der Waals surface area contributed by atoms with E-state index < -0.39 is 36.7 Å². The quantitative estimate of drug-likeness (QED) is 0.411. The van der Waals surface area contributed by atoms with E-state index in [0.717, 1.165) is 24.3 Å². The molecule has 0 fully saturated rings. The van der Waals surface area contributed by atoms with Crippen LogP contribution >= 0.6 is 0 Å². The van der Waals surface area contributed by atoms with Gasteiger partial charge in [-0.3, -0.25) is 0 Å². The van der Waals surface area contributed by atoms with Crippen molar-refractivity contribution in [3.05, 3.63) is 78.0 Å². The standard InChI is InChI=1S/C22H18F4N4O2/c23-16-4-1-13(2-5-16)20(31)22(25,26)8-10-32-18-11-14(3-6-17(18)24)15-7-9-30-19(12-15)28-21(27)29-30/h1-7,9,11-12,20,31H,8,10H2,(H2,27,29). The van der Waals surface area contributed by atoms with Crippen LogP contribution in [-0.4, -0.2) is 32.2 Å². The third-order valence-corrected chi connectivity index (χ3v) is 4.90. The predicted molar refractivity (Wildman–Crippen MR) is 109 cm³/mol. The zero-order valence-corrected chi connectivity index (χ0v) is 16.6. The third-order valence-electron chi connectivity index (χ3n) is 4.90. The Bertz CT molecular complexity index is 1240. The maximum absolute atomic E-state index is 14.4. The number of benzene rings is 2. The van der Waals surface area contributed by atoms with Gasteiger partial charge in [0.1, 0.15) is 11.9 Å². The van der Waals surface area contributed by atoms with Gasteiger partial charge in [0.05, 0.1) is 6.61 Å². The molecular weight excluding hydrogens is 428 g/mol. The van der Waals surface area contributed by atoms with Gasteiger partial charge in [-0.1, -0.05) is 18.2 Å². The van der Waals surface area contributed by atoms with Crippen LogP contribution in [0, 0.1) is 11.6 Å². The maximum Gasteiger partial charge on any atom is 0.280 e. The van der Waals surface area contributed by atoms with Crippen molar-refractivity contribution in [2.75, 3.05) is 12.3 Å². The summed E-state index contributed by atoms with van der Waals surface area (Å²) in [7, 11) is 0. The van der Waals surface area contributed by atoms with Gasteiger partial charge in [0.2, 0.25) is 5.95 Å². The van der Waals surface area contributed by atoms with E-state index in [2.05, 4.69) is 10.1 Å². The molecule has 2 aromatic heterocycles. The summed E-state index contributed by atoms with van der Waals surface area (Å²) in [5.41, 5.74) is 7.17. The molecule has 0 spiro atoms. The van der Waals surface area contributed by atoms with Crippen LogP contribution in [0.15, 0.2) is 60.8 Å². The lowest BCUT2D eigenvalue weighted by molar-refractivity contribution is -0.120. The van der Waals surface area contributed by atoms with Crippen molar-refractivity contribution in [1.29, 1.82) is 0 Å². The highest BCUT2D eigenvalue weighted by molar-refractivity contribution is 5.68. The highest BCUT2D eigenvalue weighted by Gasteiger charge is 2.39. The fourth-order valence-corrected chi connectivity index (χ4v) is 3.19. The first-order chi connectivity index (χ1) is 15.2. The minimum absolute atomic E-state index is 0.106. The van der Waals surface area contributed by atoms with Crippen LogP contribution in [-0.2, 0) is 0 Å². The minimum atomic E-state index is -3.56. The van der Waals surface area contributed by atoms with Gasteiger partial charge in [0.25, 0.3) is 5.92 Å². The number of halogens is 4. The van der Waals surface area contributed by atoms with Crippen molar-refractivity contribution in [2.45, 2.75) is 18.4 Å². The summed E-state index contributed by atoms with van der Waals surface area (Å²) in [6.07, 6.45) is -1.39.